The number of esters is 3. The second-order valence-corrected chi connectivity index (χ2v) is 17.3. The van der Waals surface area contributed by atoms with E-state index in [1.165, 1.54) is 36.4 Å². The minimum Gasteiger partial charge on any atom is -0.452 e. The van der Waals surface area contributed by atoms with Gasteiger partial charge in [0.25, 0.3) is 0 Å². The Morgan fingerprint density at radius 1 is 0.473 bits per heavy atom. The molecule has 16 nitrogen and oxygen atoms in total. The Labute approximate surface area is 428 Å². The van der Waals surface area contributed by atoms with Gasteiger partial charge in [-0.05, 0) is 53.1 Å². The number of hydrogen-bond acceptors (Lipinski definition) is 15. The van der Waals surface area contributed by atoms with Crippen molar-refractivity contribution in [2.45, 2.75) is 75.1 Å². The van der Waals surface area contributed by atoms with E-state index in [1.54, 1.807) is 54.6 Å². The lowest BCUT2D eigenvalue weighted by atomic mass is 9.90. The van der Waals surface area contributed by atoms with Gasteiger partial charge in [0.1, 0.15) is 36.9 Å². The molecule has 0 bridgehead atoms. The predicted molar refractivity (Wildman–Crippen MR) is 266 cm³/mol. The third-order valence-electron chi connectivity index (χ3n) is 12.2. The van der Waals surface area contributed by atoms with E-state index < -0.39 is 97.2 Å². The minimum atomic E-state index is -1.65. The molecule has 2 aliphatic rings. The molecule has 0 N–H and O–H groups in total. The van der Waals surface area contributed by atoms with Crippen LogP contribution < -0.4 is 0 Å². The molecule has 382 valence electrons. The average molecular weight is 1010 g/mol. The van der Waals surface area contributed by atoms with E-state index in [0.717, 1.165) is 16.7 Å². The Morgan fingerprint density at radius 3 is 1.35 bits per heavy atom. The first kappa shape index (κ1) is 52.7. The van der Waals surface area contributed by atoms with Crippen molar-refractivity contribution in [2.24, 2.45) is 5.92 Å². The smallest absolute Gasteiger partial charge is 0.338 e. The van der Waals surface area contributed by atoms with E-state index >= 15 is 0 Å². The summed E-state index contributed by atoms with van der Waals surface area (Å²) in [5.41, 5.74) is 2.92. The highest BCUT2D eigenvalue weighted by Gasteiger charge is 2.55. The van der Waals surface area contributed by atoms with Crippen LogP contribution in [0, 0.1) is 28.4 Å². The third kappa shape index (κ3) is 14.6. The van der Waals surface area contributed by atoms with Gasteiger partial charge in [0, 0.05) is 4.92 Å². The molecule has 0 aliphatic carbocycles. The van der Waals surface area contributed by atoms with Crippen LogP contribution in [0.25, 0.3) is 0 Å². The number of terminal acetylenes is 1. The van der Waals surface area contributed by atoms with Gasteiger partial charge in [-0.3, -0.25) is 10.1 Å². The van der Waals surface area contributed by atoms with Crippen molar-refractivity contribution in [3.05, 3.63) is 225 Å². The highest BCUT2D eigenvalue weighted by Crippen LogP contribution is 2.36. The Morgan fingerprint density at radius 2 is 0.878 bits per heavy atom. The maximum atomic E-state index is 14.2. The fourth-order valence-corrected chi connectivity index (χ4v) is 8.61. The molecule has 2 aliphatic heterocycles. The van der Waals surface area contributed by atoms with Crippen LogP contribution in [0.2, 0.25) is 0 Å². The van der Waals surface area contributed by atoms with E-state index in [9.17, 15) is 24.5 Å². The number of rotatable bonds is 23. The number of benzene rings is 6. The van der Waals surface area contributed by atoms with Gasteiger partial charge in [0.05, 0.1) is 49.7 Å². The molecule has 2 saturated heterocycles. The monoisotopic (exact) mass is 1010 g/mol. The van der Waals surface area contributed by atoms with Crippen LogP contribution in [0.15, 0.2) is 182 Å². The summed E-state index contributed by atoms with van der Waals surface area (Å²) in [4.78, 5) is 54.4. The summed E-state index contributed by atoms with van der Waals surface area (Å²) in [5, 5.41) is 12.7. The second kappa shape index (κ2) is 26.9. The lowest BCUT2D eigenvalue weighted by molar-refractivity contribution is -0.503. The van der Waals surface area contributed by atoms with Crippen molar-refractivity contribution in [2.75, 3.05) is 26.4 Å². The zero-order valence-electron chi connectivity index (χ0n) is 40.2. The number of nitrogens with zero attached hydrogens (tertiary/aromatic N) is 1. The topological polar surface area (TPSA) is 187 Å². The summed E-state index contributed by atoms with van der Waals surface area (Å²) < 4.78 is 64.0. The molecule has 6 aromatic carbocycles. The Balaban J connectivity index is 1.16. The summed E-state index contributed by atoms with van der Waals surface area (Å²) in [6.45, 7) is -1.31. The molecule has 0 spiro atoms. The third-order valence-corrected chi connectivity index (χ3v) is 12.2. The molecule has 0 unspecified atom stereocenters. The van der Waals surface area contributed by atoms with Crippen molar-refractivity contribution < 1.29 is 66.7 Å². The van der Waals surface area contributed by atoms with Crippen molar-refractivity contribution in [3.8, 4) is 12.3 Å². The number of ether oxygens (including phenoxy) is 10. The normalized spacial score (nSPS) is 23.4. The van der Waals surface area contributed by atoms with Gasteiger partial charge in [-0.2, -0.15) is 0 Å². The van der Waals surface area contributed by atoms with E-state index in [-0.39, 0.29) is 49.7 Å². The minimum absolute atomic E-state index is 0.0459. The van der Waals surface area contributed by atoms with Crippen molar-refractivity contribution in [1.29, 1.82) is 0 Å². The summed E-state index contributed by atoms with van der Waals surface area (Å²) in [6.07, 6.45) is -6.52. The van der Waals surface area contributed by atoms with Crippen LogP contribution in [0.5, 0.6) is 0 Å². The molecule has 16 heteroatoms. The lowest BCUT2D eigenvalue weighted by Crippen LogP contribution is -2.64. The summed E-state index contributed by atoms with van der Waals surface area (Å²) >= 11 is 0. The highest BCUT2D eigenvalue weighted by atomic mass is 16.7. The van der Waals surface area contributed by atoms with Gasteiger partial charge in [0.15, 0.2) is 30.9 Å². The molecular formula is C58H55NO15. The molecule has 8 rings (SSSR count). The molecule has 10 atom stereocenters. The molecule has 0 saturated carbocycles. The summed E-state index contributed by atoms with van der Waals surface area (Å²) in [5.74, 6) is -1.33. The quantitative estimate of drug-likeness (QED) is 0.0197. The molecule has 0 aromatic heterocycles. The average Bonchev–Trinajstić information content (AvgIpc) is 3.44. The first-order valence-electron chi connectivity index (χ1n) is 24.0. The predicted octanol–water partition coefficient (Wildman–Crippen LogP) is 8.06. The van der Waals surface area contributed by atoms with E-state index in [2.05, 4.69) is 5.92 Å². The van der Waals surface area contributed by atoms with E-state index in [0.29, 0.717) is 0 Å². The van der Waals surface area contributed by atoms with Crippen molar-refractivity contribution in [1.82, 2.24) is 0 Å². The van der Waals surface area contributed by atoms with Gasteiger partial charge in [-0.1, -0.05) is 152 Å². The van der Waals surface area contributed by atoms with Gasteiger partial charge >= 0.3 is 17.9 Å². The first-order chi connectivity index (χ1) is 36.2. The fraction of sp³-hybridized carbons (Fsp3) is 0.293. The zero-order valence-corrected chi connectivity index (χ0v) is 40.2. The van der Waals surface area contributed by atoms with E-state index in [4.69, 9.17) is 53.8 Å². The standard InChI is InChI=1S/C58H55NO15/c1-2-33-66-58-53(74-56(62)45-31-19-8-20-32-45)52(73-55(61)44-29-17-7-18-30-44)51(72-54(60)43-27-15-6-16-28-43)48(71-58)39-69-57-46(34-59(63)64)49(67-36-41-23-11-4-12-24-41)50(68-37-42-25-13-5-14-26-42)47(70-57)38-65-35-40-21-9-3-10-22-40/h1,3-32,46-53,57-58H,33-39H2/t46-,47-,48-,49-,50+,51-,52+,53-,57+,58+/m1/s1. The largest absolute Gasteiger partial charge is 0.452 e. The highest BCUT2D eigenvalue weighted by molar-refractivity contribution is 5.91. The van der Waals surface area contributed by atoms with Crippen molar-refractivity contribution >= 4 is 17.9 Å². The Hall–Kier alpha value is -7.59. The van der Waals surface area contributed by atoms with Gasteiger partial charge in [-0.15, -0.1) is 6.42 Å². The molecule has 0 radical (unpaired) electrons. The number of carbonyl (C=O) groups is 3. The lowest BCUT2D eigenvalue weighted by Gasteiger charge is -2.46. The maximum Gasteiger partial charge on any atom is 0.338 e. The molecule has 74 heavy (non-hydrogen) atoms. The van der Waals surface area contributed by atoms with Crippen LogP contribution >= 0.6 is 0 Å². The van der Waals surface area contributed by atoms with Crippen LogP contribution in [0.1, 0.15) is 47.8 Å². The number of hydrogen-bond donors (Lipinski definition) is 0. The Bertz CT molecular complexity index is 2730. The summed E-state index contributed by atoms with van der Waals surface area (Å²) in [6, 6.07) is 52.4. The molecule has 2 heterocycles. The SMILES string of the molecule is C#CCO[C@H]1O[C@H](CO[C@H]2O[C@H](COCc3ccccc3)[C@H](OCc3ccccc3)[C@H](OCc3ccccc3)[C@H]2C[N+](=O)[O-])[C@@H](OC(=O)c2ccccc2)[C@H](OC(=O)c2ccccc2)[C@H]1OC(=O)c1ccccc1. The number of carbonyl (C=O) groups excluding carboxylic acids is 3. The Kier molecular flexibility index (Phi) is 19.2. The van der Waals surface area contributed by atoms with Crippen molar-refractivity contribution in [3.63, 3.8) is 0 Å². The van der Waals surface area contributed by atoms with Gasteiger partial charge in [0.2, 0.25) is 6.54 Å². The van der Waals surface area contributed by atoms with Crippen LogP contribution in [0.3, 0.4) is 0 Å². The van der Waals surface area contributed by atoms with E-state index in [1.807, 2.05) is 91.0 Å². The molecule has 2 fully saturated rings. The summed E-state index contributed by atoms with van der Waals surface area (Å²) in [7, 11) is 0. The maximum absolute atomic E-state index is 14.2. The fourth-order valence-electron chi connectivity index (χ4n) is 8.61. The van der Waals surface area contributed by atoms with Crippen LogP contribution in [-0.4, -0.2) is 105 Å². The van der Waals surface area contributed by atoms with Crippen LogP contribution in [0.4, 0.5) is 0 Å². The molecule has 0 amide bonds. The second-order valence-electron chi connectivity index (χ2n) is 17.3. The van der Waals surface area contributed by atoms with Gasteiger partial charge in [-0.25, -0.2) is 14.4 Å². The first-order valence-corrected chi connectivity index (χ1v) is 24.0. The molecular weight excluding hydrogens is 951 g/mol. The van der Waals surface area contributed by atoms with Crippen LogP contribution in [-0.2, 0) is 67.2 Å². The van der Waals surface area contributed by atoms with Gasteiger partial charge < -0.3 is 47.4 Å². The molecule has 6 aromatic rings. The number of nitro groups is 1. The zero-order chi connectivity index (χ0) is 51.5.